The second kappa shape index (κ2) is 8.38. The van der Waals surface area contributed by atoms with Gasteiger partial charge in [-0.1, -0.05) is 22.8 Å². The van der Waals surface area contributed by atoms with Crippen LogP contribution in [-0.4, -0.2) is 53.9 Å². The molecular weight excluding hydrogens is 438 g/mol. The SMILES string of the molecule is O=S(=O)(c1c(F)cccc1F)N1CCN(Cc2nc(-c3ccc(Cl)cc3)no2)CC1. The van der Waals surface area contributed by atoms with Gasteiger partial charge in [-0.3, -0.25) is 4.90 Å². The number of hydrogen-bond donors (Lipinski definition) is 0. The minimum absolute atomic E-state index is 0.0916. The Labute approximate surface area is 176 Å². The summed E-state index contributed by atoms with van der Waals surface area (Å²) in [5, 5.41) is 4.55. The van der Waals surface area contributed by atoms with E-state index in [0.717, 1.165) is 28.1 Å². The van der Waals surface area contributed by atoms with E-state index in [0.29, 0.717) is 36.4 Å². The molecule has 0 spiro atoms. The second-order valence-corrected chi connectivity index (χ2v) is 9.06. The summed E-state index contributed by atoms with van der Waals surface area (Å²) >= 11 is 5.87. The maximum atomic E-state index is 13.9. The molecule has 0 aliphatic carbocycles. The Morgan fingerprint density at radius 1 is 1.00 bits per heavy atom. The molecule has 1 aliphatic rings. The van der Waals surface area contributed by atoms with Crippen LogP contribution in [0.1, 0.15) is 5.89 Å². The first kappa shape index (κ1) is 20.9. The van der Waals surface area contributed by atoms with Crippen LogP contribution in [0.3, 0.4) is 0 Å². The van der Waals surface area contributed by atoms with Crippen LogP contribution in [0.25, 0.3) is 11.4 Å². The summed E-state index contributed by atoms with van der Waals surface area (Å²) < 4.78 is 59.5. The number of sulfonamides is 1. The molecule has 0 N–H and O–H groups in total. The zero-order valence-corrected chi connectivity index (χ0v) is 17.2. The highest BCUT2D eigenvalue weighted by molar-refractivity contribution is 7.89. The number of aromatic nitrogens is 2. The van der Waals surface area contributed by atoms with E-state index in [9.17, 15) is 17.2 Å². The van der Waals surface area contributed by atoms with Crippen molar-refractivity contribution in [2.75, 3.05) is 26.2 Å². The van der Waals surface area contributed by atoms with Gasteiger partial charge in [-0.2, -0.15) is 9.29 Å². The number of benzene rings is 2. The fourth-order valence-electron chi connectivity index (χ4n) is 3.21. The number of nitrogens with zero attached hydrogens (tertiary/aromatic N) is 4. The quantitative estimate of drug-likeness (QED) is 0.589. The van der Waals surface area contributed by atoms with E-state index < -0.39 is 26.6 Å². The molecule has 0 saturated carbocycles. The van der Waals surface area contributed by atoms with Crippen molar-refractivity contribution >= 4 is 21.6 Å². The van der Waals surface area contributed by atoms with E-state index in [1.807, 2.05) is 4.90 Å². The topological polar surface area (TPSA) is 79.5 Å². The molecule has 1 saturated heterocycles. The molecule has 1 aromatic heterocycles. The van der Waals surface area contributed by atoms with Crippen molar-refractivity contribution in [2.24, 2.45) is 0 Å². The molecule has 0 amide bonds. The molecule has 0 unspecified atom stereocenters. The van der Waals surface area contributed by atoms with E-state index in [-0.39, 0.29) is 13.1 Å². The van der Waals surface area contributed by atoms with Crippen molar-refractivity contribution in [2.45, 2.75) is 11.4 Å². The van der Waals surface area contributed by atoms with E-state index in [2.05, 4.69) is 10.1 Å². The molecule has 2 aromatic carbocycles. The average Bonchev–Trinajstić information content (AvgIpc) is 3.17. The highest BCUT2D eigenvalue weighted by Gasteiger charge is 2.33. The lowest BCUT2D eigenvalue weighted by Gasteiger charge is -2.33. The van der Waals surface area contributed by atoms with Gasteiger partial charge in [-0.05, 0) is 36.4 Å². The predicted molar refractivity (Wildman–Crippen MR) is 105 cm³/mol. The van der Waals surface area contributed by atoms with Gasteiger partial charge >= 0.3 is 0 Å². The van der Waals surface area contributed by atoms with Gasteiger partial charge < -0.3 is 4.52 Å². The number of halogens is 3. The van der Waals surface area contributed by atoms with Gasteiger partial charge in [0.2, 0.25) is 21.7 Å². The Morgan fingerprint density at radius 3 is 2.27 bits per heavy atom. The zero-order valence-electron chi connectivity index (χ0n) is 15.6. The van der Waals surface area contributed by atoms with Gasteiger partial charge in [0.05, 0.1) is 6.54 Å². The van der Waals surface area contributed by atoms with E-state index in [1.165, 1.54) is 0 Å². The van der Waals surface area contributed by atoms with Crippen LogP contribution in [0.15, 0.2) is 51.9 Å². The highest BCUT2D eigenvalue weighted by atomic mass is 35.5. The molecule has 1 aliphatic heterocycles. The highest BCUT2D eigenvalue weighted by Crippen LogP contribution is 2.24. The van der Waals surface area contributed by atoms with Crippen LogP contribution in [0.5, 0.6) is 0 Å². The fraction of sp³-hybridized carbons (Fsp3) is 0.263. The summed E-state index contributed by atoms with van der Waals surface area (Å²) in [4.78, 5) is 5.37. The van der Waals surface area contributed by atoms with Crippen molar-refractivity contribution in [3.05, 3.63) is 65.0 Å². The summed E-state index contributed by atoms with van der Waals surface area (Å²) in [5.41, 5.74) is 0.761. The summed E-state index contributed by atoms with van der Waals surface area (Å²) in [5.74, 6) is -1.38. The van der Waals surface area contributed by atoms with Crippen molar-refractivity contribution in [1.29, 1.82) is 0 Å². The van der Waals surface area contributed by atoms with Crippen LogP contribution < -0.4 is 0 Å². The average molecular weight is 455 g/mol. The third kappa shape index (κ3) is 4.22. The standard InChI is InChI=1S/C19H17ClF2N4O3S/c20-14-6-4-13(5-7-14)19-23-17(29-24-19)12-25-8-10-26(11-9-25)30(27,28)18-15(21)2-1-3-16(18)22/h1-7H,8-12H2. The van der Waals surface area contributed by atoms with Gasteiger partial charge in [-0.15, -0.1) is 0 Å². The van der Waals surface area contributed by atoms with Crippen LogP contribution >= 0.6 is 11.6 Å². The van der Waals surface area contributed by atoms with Crippen LogP contribution in [-0.2, 0) is 16.6 Å². The van der Waals surface area contributed by atoms with Crippen LogP contribution in [0, 0.1) is 11.6 Å². The van der Waals surface area contributed by atoms with Gasteiger partial charge in [0.15, 0.2) is 4.90 Å². The minimum Gasteiger partial charge on any atom is -0.338 e. The maximum Gasteiger partial charge on any atom is 0.249 e. The lowest BCUT2D eigenvalue weighted by molar-refractivity contribution is 0.163. The zero-order chi connectivity index (χ0) is 21.3. The normalized spacial score (nSPS) is 16.1. The molecule has 0 radical (unpaired) electrons. The first-order valence-corrected chi connectivity index (χ1v) is 10.9. The Balaban J connectivity index is 1.40. The molecule has 30 heavy (non-hydrogen) atoms. The summed E-state index contributed by atoms with van der Waals surface area (Å²) in [6.45, 7) is 1.23. The Hall–Kier alpha value is -2.40. The Morgan fingerprint density at radius 2 is 1.63 bits per heavy atom. The Kier molecular flexibility index (Phi) is 5.83. The molecule has 7 nitrogen and oxygen atoms in total. The third-order valence-electron chi connectivity index (χ3n) is 4.78. The van der Waals surface area contributed by atoms with Gasteiger partial charge in [0.25, 0.3) is 0 Å². The van der Waals surface area contributed by atoms with Crippen molar-refractivity contribution in [1.82, 2.24) is 19.3 Å². The first-order valence-electron chi connectivity index (χ1n) is 9.09. The molecular formula is C19H17ClF2N4O3S. The largest absolute Gasteiger partial charge is 0.338 e. The van der Waals surface area contributed by atoms with Crippen LogP contribution in [0.2, 0.25) is 5.02 Å². The summed E-state index contributed by atoms with van der Waals surface area (Å²) in [7, 11) is -4.26. The molecule has 158 valence electrons. The smallest absolute Gasteiger partial charge is 0.249 e. The van der Waals surface area contributed by atoms with Gasteiger partial charge in [0.1, 0.15) is 11.6 Å². The monoisotopic (exact) mass is 454 g/mol. The van der Waals surface area contributed by atoms with Gasteiger partial charge in [-0.25, -0.2) is 17.2 Å². The number of rotatable bonds is 5. The molecule has 3 aromatic rings. The van der Waals surface area contributed by atoms with Crippen molar-refractivity contribution < 1.29 is 21.7 Å². The molecule has 1 fully saturated rings. The van der Waals surface area contributed by atoms with E-state index in [4.69, 9.17) is 16.1 Å². The summed E-state index contributed by atoms with van der Waals surface area (Å²) in [6, 6.07) is 10.0. The van der Waals surface area contributed by atoms with Gasteiger partial charge in [0, 0.05) is 36.8 Å². The summed E-state index contributed by atoms with van der Waals surface area (Å²) in [6.07, 6.45) is 0. The lowest BCUT2D eigenvalue weighted by Crippen LogP contribution is -2.48. The Bertz CT molecular complexity index is 1130. The van der Waals surface area contributed by atoms with Crippen molar-refractivity contribution in [3.8, 4) is 11.4 Å². The molecule has 4 rings (SSSR count). The fourth-order valence-corrected chi connectivity index (χ4v) is 4.87. The van der Waals surface area contributed by atoms with Crippen molar-refractivity contribution in [3.63, 3.8) is 0 Å². The lowest BCUT2D eigenvalue weighted by atomic mass is 10.2. The van der Waals surface area contributed by atoms with E-state index >= 15 is 0 Å². The predicted octanol–water partition coefficient (Wildman–Crippen LogP) is 3.17. The molecule has 0 atom stereocenters. The third-order valence-corrected chi connectivity index (χ3v) is 6.98. The molecule has 0 bridgehead atoms. The molecule has 11 heteroatoms. The number of piperazine rings is 1. The molecule has 2 heterocycles. The maximum absolute atomic E-state index is 13.9. The first-order chi connectivity index (χ1) is 14.3. The minimum atomic E-state index is -4.26. The number of hydrogen-bond acceptors (Lipinski definition) is 6. The van der Waals surface area contributed by atoms with Crippen LogP contribution in [0.4, 0.5) is 8.78 Å². The second-order valence-electron chi connectivity index (χ2n) is 6.75. The van der Waals surface area contributed by atoms with E-state index in [1.54, 1.807) is 24.3 Å².